The Kier molecular flexibility index (Phi) is 3.86. The van der Waals surface area contributed by atoms with Crippen molar-refractivity contribution in [3.05, 3.63) is 21.3 Å². The van der Waals surface area contributed by atoms with Gasteiger partial charge < -0.3 is 4.90 Å². The number of halogens is 1. The van der Waals surface area contributed by atoms with E-state index in [1.807, 2.05) is 6.07 Å². The summed E-state index contributed by atoms with van der Waals surface area (Å²) in [6.07, 6.45) is 5.67. The molecule has 104 valence electrons. The average Bonchev–Trinajstić information content (AvgIpc) is 3.12. The maximum Gasteiger partial charge on any atom is 0.226 e. The summed E-state index contributed by atoms with van der Waals surface area (Å²) in [5, 5.41) is 0. The van der Waals surface area contributed by atoms with Gasteiger partial charge in [0, 0.05) is 17.3 Å². The number of likely N-dealkylation sites (tertiary alicyclic amines) is 1. The van der Waals surface area contributed by atoms with E-state index in [-0.39, 0.29) is 12.0 Å². The van der Waals surface area contributed by atoms with Gasteiger partial charge in [-0.3, -0.25) is 4.79 Å². The lowest BCUT2D eigenvalue weighted by Gasteiger charge is -2.39. The lowest BCUT2D eigenvalue weighted by atomic mass is 9.89. The fourth-order valence-corrected chi connectivity index (χ4v) is 4.21. The maximum atomic E-state index is 12.6. The van der Waals surface area contributed by atoms with E-state index in [1.54, 1.807) is 11.3 Å². The van der Waals surface area contributed by atoms with Crippen molar-refractivity contribution in [3.63, 3.8) is 0 Å². The van der Waals surface area contributed by atoms with Crippen LogP contribution in [0.2, 0.25) is 4.34 Å². The fourth-order valence-electron chi connectivity index (χ4n) is 3.00. The summed E-state index contributed by atoms with van der Waals surface area (Å²) < 4.78 is 0.825. The van der Waals surface area contributed by atoms with E-state index in [9.17, 15) is 4.79 Å². The van der Waals surface area contributed by atoms with Gasteiger partial charge in [-0.1, -0.05) is 18.5 Å². The Balaban J connectivity index is 1.82. The molecule has 1 aliphatic heterocycles. The Morgan fingerprint density at radius 1 is 1.32 bits per heavy atom. The van der Waals surface area contributed by atoms with Gasteiger partial charge in [-0.15, -0.1) is 11.3 Å². The Labute approximate surface area is 123 Å². The molecular formula is C15H20ClNOS. The molecule has 1 aromatic rings. The number of hydrogen-bond acceptors (Lipinski definition) is 2. The van der Waals surface area contributed by atoms with Gasteiger partial charge in [0.25, 0.3) is 0 Å². The zero-order valence-corrected chi connectivity index (χ0v) is 12.8. The average molecular weight is 298 g/mol. The van der Waals surface area contributed by atoms with Gasteiger partial charge in [0.05, 0.1) is 10.4 Å². The molecule has 1 aromatic heterocycles. The van der Waals surface area contributed by atoms with Crippen molar-refractivity contribution in [2.45, 2.75) is 45.1 Å². The van der Waals surface area contributed by atoms with Crippen molar-refractivity contribution in [1.29, 1.82) is 0 Å². The molecule has 0 aromatic carbocycles. The summed E-state index contributed by atoms with van der Waals surface area (Å²) in [7, 11) is 0. The smallest absolute Gasteiger partial charge is 0.226 e. The summed E-state index contributed by atoms with van der Waals surface area (Å²) in [5.74, 6) is 1.36. The highest BCUT2D eigenvalue weighted by Gasteiger charge is 2.38. The number of carbonyl (C=O) groups is 1. The maximum absolute atomic E-state index is 12.6. The van der Waals surface area contributed by atoms with Crippen LogP contribution in [-0.4, -0.2) is 17.4 Å². The van der Waals surface area contributed by atoms with Crippen molar-refractivity contribution in [3.8, 4) is 0 Å². The fraction of sp³-hybridized carbons (Fsp3) is 0.667. The number of rotatable bonds is 4. The first kappa shape index (κ1) is 13.4. The van der Waals surface area contributed by atoms with E-state index < -0.39 is 0 Å². The van der Waals surface area contributed by atoms with Crippen LogP contribution in [0.5, 0.6) is 0 Å². The molecule has 2 unspecified atom stereocenters. The molecule has 0 bridgehead atoms. The second-order valence-electron chi connectivity index (χ2n) is 5.77. The number of amides is 1. The molecule has 1 aliphatic carbocycles. The quantitative estimate of drug-likeness (QED) is 0.801. The highest BCUT2D eigenvalue weighted by molar-refractivity contribution is 7.16. The lowest BCUT2D eigenvalue weighted by molar-refractivity contribution is -0.142. The SMILES string of the molecule is CCC1CCC(c2ccc(Cl)s2)N(CC2CC2)C1=O. The first-order chi connectivity index (χ1) is 9.19. The predicted molar refractivity (Wildman–Crippen MR) is 79.5 cm³/mol. The largest absolute Gasteiger partial charge is 0.334 e. The minimum Gasteiger partial charge on any atom is -0.334 e. The Morgan fingerprint density at radius 3 is 2.68 bits per heavy atom. The Hall–Kier alpha value is -0.540. The van der Waals surface area contributed by atoms with Crippen LogP contribution in [0.15, 0.2) is 12.1 Å². The Bertz CT molecular complexity index is 468. The molecule has 1 amide bonds. The van der Waals surface area contributed by atoms with Crippen LogP contribution in [0.3, 0.4) is 0 Å². The second-order valence-corrected chi connectivity index (χ2v) is 7.52. The predicted octanol–water partition coefficient (Wildman–Crippen LogP) is 4.50. The summed E-state index contributed by atoms with van der Waals surface area (Å²) in [5.41, 5.74) is 0. The Morgan fingerprint density at radius 2 is 2.11 bits per heavy atom. The molecule has 2 atom stereocenters. The van der Waals surface area contributed by atoms with Crippen molar-refractivity contribution >= 4 is 28.8 Å². The molecule has 4 heteroatoms. The van der Waals surface area contributed by atoms with E-state index >= 15 is 0 Å². The molecule has 3 rings (SSSR count). The molecule has 1 saturated heterocycles. The molecule has 1 saturated carbocycles. The third kappa shape index (κ3) is 2.82. The molecule has 0 radical (unpaired) electrons. The molecule has 2 fully saturated rings. The number of thiophene rings is 1. The summed E-state index contributed by atoms with van der Waals surface area (Å²) in [4.78, 5) is 16.0. The van der Waals surface area contributed by atoms with E-state index in [0.717, 1.165) is 36.1 Å². The van der Waals surface area contributed by atoms with Crippen molar-refractivity contribution in [2.75, 3.05) is 6.54 Å². The zero-order valence-electron chi connectivity index (χ0n) is 11.3. The normalized spacial score (nSPS) is 27.9. The van der Waals surface area contributed by atoms with Crippen molar-refractivity contribution in [1.82, 2.24) is 4.90 Å². The highest BCUT2D eigenvalue weighted by atomic mass is 35.5. The van der Waals surface area contributed by atoms with Crippen LogP contribution in [0.1, 0.15) is 49.9 Å². The van der Waals surface area contributed by atoms with Gasteiger partial charge >= 0.3 is 0 Å². The molecule has 2 nitrogen and oxygen atoms in total. The zero-order chi connectivity index (χ0) is 13.4. The van der Waals surface area contributed by atoms with Gasteiger partial charge in [-0.2, -0.15) is 0 Å². The van der Waals surface area contributed by atoms with Gasteiger partial charge in [0.15, 0.2) is 0 Å². The summed E-state index contributed by atoms with van der Waals surface area (Å²) in [6.45, 7) is 3.08. The van der Waals surface area contributed by atoms with Crippen LogP contribution in [0.25, 0.3) is 0 Å². The van der Waals surface area contributed by atoms with Crippen molar-refractivity contribution in [2.24, 2.45) is 11.8 Å². The van der Waals surface area contributed by atoms with E-state index in [0.29, 0.717) is 5.91 Å². The van der Waals surface area contributed by atoms with E-state index in [2.05, 4.69) is 17.9 Å². The van der Waals surface area contributed by atoms with Crippen LogP contribution < -0.4 is 0 Å². The molecule has 0 N–H and O–H groups in total. The monoisotopic (exact) mass is 297 g/mol. The van der Waals surface area contributed by atoms with E-state index in [4.69, 9.17) is 11.6 Å². The third-order valence-corrected chi connectivity index (χ3v) is 5.70. The standard InChI is InChI=1S/C15H20ClNOS/c1-2-11-5-6-12(13-7-8-14(16)19-13)17(15(11)18)9-10-3-4-10/h7-8,10-12H,2-6,9H2,1H3. The summed E-state index contributed by atoms with van der Waals surface area (Å²) in [6, 6.07) is 4.32. The number of carbonyl (C=O) groups excluding carboxylic acids is 1. The topological polar surface area (TPSA) is 20.3 Å². The van der Waals surface area contributed by atoms with Gasteiger partial charge in [0.2, 0.25) is 5.91 Å². The van der Waals surface area contributed by atoms with Crippen LogP contribution in [-0.2, 0) is 4.79 Å². The highest BCUT2D eigenvalue weighted by Crippen LogP contribution is 2.42. The molecule has 0 spiro atoms. The van der Waals surface area contributed by atoms with Gasteiger partial charge in [-0.05, 0) is 50.2 Å². The number of piperidine rings is 1. The number of nitrogens with zero attached hydrogens (tertiary/aromatic N) is 1. The first-order valence-electron chi connectivity index (χ1n) is 7.24. The number of hydrogen-bond donors (Lipinski definition) is 0. The summed E-state index contributed by atoms with van der Waals surface area (Å²) >= 11 is 7.68. The van der Waals surface area contributed by atoms with Crippen LogP contribution in [0, 0.1) is 11.8 Å². The van der Waals surface area contributed by atoms with Crippen LogP contribution in [0.4, 0.5) is 0 Å². The second kappa shape index (κ2) is 5.45. The molecular weight excluding hydrogens is 278 g/mol. The van der Waals surface area contributed by atoms with E-state index in [1.165, 1.54) is 17.7 Å². The van der Waals surface area contributed by atoms with Crippen molar-refractivity contribution < 1.29 is 4.79 Å². The lowest BCUT2D eigenvalue weighted by Crippen LogP contribution is -2.44. The molecule has 2 heterocycles. The molecule has 19 heavy (non-hydrogen) atoms. The van der Waals surface area contributed by atoms with Gasteiger partial charge in [-0.25, -0.2) is 0 Å². The third-order valence-electron chi connectivity index (χ3n) is 4.36. The minimum atomic E-state index is 0.241. The van der Waals surface area contributed by atoms with Gasteiger partial charge in [0.1, 0.15) is 0 Å². The molecule has 2 aliphatic rings. The minimum absolute atomic E-state index is 0.241. The first-order valence-corrected chi connectivity index (χ1v) is 8.44. The van der Waals surface area contributed by atoms with Crippen LogP contribution >= 0.6 is 22.9 Å².